The smallest absolute Gasteiger partial charge is 0.165 e. The van der Waals surface area contributed by atoms with E-state index in [2.05, 4.69) is 0 Å². The minimum Gasteiger partial charge on any atom is -0.208 e. The second-order valence-corrected chi connectivity index (χ2v) is 3.95. The highest BCUT2D eigenvalue weighted by Gasteiger charge is 2.25. The highest BCUT2D eigenvalue weighted by atomic mass is 19.2. The van der Waals surface area contributed by atoms with Crippen molar-refractivity contribution in [2.75, 3.05) is 0 Å². The highest BCUT2D eigenvalue weighted by Crippen LogP contribution is 2.39. The minimum atomic E-state index is -1.23. The summed E-state index contributed by atoms with van der Waals surface area (Å²) in [6.07, 6.45) is -0.265. The number of benzene rings is 2. The first-order chi connectivity index (χ1) is 8.09. The molecular formula is C13H6F4. The van der Waals surface area contributed by atoms with E-state index in [1.807, 2.05) is 0 Å². The van der Waals surface area contributed by atoms with E-state index >= 15 is 0 Å². The molecule has 2 aromatic rings. The highest BCUT2D eigenvalue weighted by molar-refractivity contribution is 5.97. The van der Waals surface area contributed by atoms with Crippen molar-refractivity contribution >= 4 is 16.6 Å². The van der Waals surface area contributed by atoms with Gasteiger partial charge in [-0.1, -0.05) is 18.2 Å². The summed E-state index contributed by atoms with van der Waals surface area (Å²) in [6, 6.07) is 5.09. The summed E-state index contributed by atoms with van der Waals surface area (Å²) in [4.78, 5) is 0. The molecule has 0 N–H and O–H groups in total. The average Bonchev–Trinajstić information content (AvgIpc) is 2.28. The molecule has 0 radical (unpaired) electrons. The molecule has 0 bridgehead atoms. The van der Waals surface area contributed by atoms with Crippen LogP contribution in [0.4, 0.5) is 17.6 Å². The van der Waals surface area contributed by atoms with Crippen molar-refractivity contribution in [1.29, 1.82) is 0 Å². The molecule has 86 valence electrons. The van der Waals surface area contributed by atoms with Gasteiger partial charge in [-0.05, 0) is 5.56 Å². The van der Waals surface area contributed by atoms with Crippen molar-refractivity contribution in [3.05, 3.63) is 52.9 Å². The van der Waals surface area contributed by atoms with E-state index in [9.17, 15) is 17.6 Å². The Labute approximate surface area is 94.2 Å². The summed E-state index contributed by atoms with van der Waals surface area (Å²) in [5, 5.41) is 0.241. The van der Waals surface area contributed by atoms with E-state index in [4.69, 9.17) is 0 Å². The van der Waals surface area contributed by atoms with Gasteiger partial charge in [-0.15, -0.1) is 0 Å². The maximum Gasteiger partial charge on any atom is 0.165 e. The van der Waals surface area contributed by atoms with E-state index in [0.717, 1.165) is 0 Å². The van der Waals surface area contributed by atoms with Crippen LogP contribution in [-0.2, 0) is 6.42 Å². The molecule has 0 aromatic heterocycles. The molecule has 0 heterocycles. The van der Waals surface area contributed by atoms with Gasteiger partial charge in [-0.2, -0.15) is 0 Å². The summed E-state index contributed by atoms with van der Waals surface area (Å²) in [6.45, 7) is 0. The molecule has 0 saturated carbocycles. The van der Waals surface area contributed by atoms with Gasteiger partial charge in [-0.3, -0.25) is 0 Å². The molecule has 17 heavy (non-hydrogen) atoms. The van der Waals surface area contributed by atoms with Crippen molar-refractivity contribution in [3.63, 3.8) is 0 Å². The molecule has 0 amide bonds. The molecule has 0 aliphatic heterocycles. The molecule has 0 atom stereocenters. The van der Waals surface area contributed by atoms with E-state index in [1.54, 1.807) is 6.07 Å². The maximum absolute atomic E-state index is 13.6. The van der Waals surface area contributed by atoms with Gasteiger partial charge in [0.1, 0.15) is 17.5 Å². The fraction of sp³-hybridized carbons (Fsp3) is 0.0769. The summed E-state index contributed by atoms with van der Waals surface area (Å²) >= 11 is 0. The first-order valence-electron chi connectivity index (χ1n) is 5.03. The van der Waals surface area contributed by atoms with Gasteiger partial charge in [0, 0.05) is 23.3 Å². The molecule has 0 fully saturated rings. The number of allylic oxidation sites excluding steroid dienone is 1. The first kappa shape index (κ1) is 10.3. The average molecular weight is 238 g/mol. The Morgan fingerprint density at radius 2 is 1.71 bits per heavy atom. The SMILES string of the molecule is FC1=C(F)c2c(F)cc(F)c3cccc(c23)C1. The Morgan fingerprint density at radius 3 is 2.47 bits per heavy atom. The van der Waals surface area contributed by atoms with Crippen LogP contribution in [0.2, 0.25) is 0 Å². The van der Waals surface area contributed by atoms with Crippen LogP contribution in [0.15, 0.2) is 30.1 Å². The van der Waals surface area contributed by atoms with Crippen LogP contribution in [-0.4, -0.2) is 0 Å². The minimum absolute atomic E-state index is 0.113. The third kappa shape index (κ3) is 1.30. The Bertz CT molecular complexity index is 671. The number of hydrogen-bond donors (Lipinski definition) is 0. The number of halogens is 4. The largest absolute Gasteiger partial charge is 0.208 e. The third-order valence-corrected chi connectivity index (χ3v) is 2.95. The van der Waals surface area contributed by atoms with Crippen LogP contribution in [0.1, 0.15) is 11.1 Å². The number of rotatable bonds is 0. The van der Waals surface area contributed by atoms with E-state index in [1.165, 1.54) is 12.1 Å². The first-order valence-corrected chi connectivity index (χ1v) is 5.03. The van der Waals surface area contributed by atoms with Crippen LogP contribution in [0.3, 0.4) is 0 Å². The normalized spacial score (nSPS) is 14.6. The summed E-state index contributed by atoms with van der Waals surface area (Å²) in [5.41, 5.74) is -0.0736. The lowest BCUT2D eigenvalue weighted by Gasteiger charge is -2.16. The van der Waals surface area contributed by atoms with Gasteiger partial charge in [0.05, 0.1) is 5.56 Å². The maximum atomic E-state index is 13.6. The zero-order chi connectivity index (χ0) is 12.2. The van der Waals surface area contributed by atoms with Crippen LogP contribution >= 0.6 is 0 Å². The standard InChI is InChI=1S/C13H6F4/c14-8-5-9(15)12-11-6(2-1-3-7(8)11)4-10(16)13(12)17/h1-3,5H,4H2. The molecule has 0 spiro atoms. The summed E-state index contributed by atoms with van der Waals surface area (Å²) in [7, 11) is 0. The lowest BCUT2D eigenvalue weighted by atomic mass is 9.91. The fourth-order valence-electron chi connectivity index (χ4n) is 2.22. The molecule has 4 heteroatoms. The summed E-state index contributed by atoms with van der Waals surface area (Å²) in [5.74, 6) is -4.09. The predicted molar refractivity (Wildman–Crippen MR) is 56.7 cm³/mol. The quantitative estimate of drug-likeness (QED) is 0.601. The Kier molecular flexibility index (Phi) is 2.02. The lowest BCUT2D eigenvalue weighted by molar-refractivity contribution is 0.559. The van der Waals surface area contributed by atoms with Crippen molar-refractivity contribution in [1.82, 2.24) is 0 Å². The summed E-state index contributed by atoms with van der Waals surface area (Å²) < 4.78 is 53.9. The van der Waals surface area contributed by atoms with Crippen LogP contribution in [0.5, 0.6) is 0 Å². The zero-order valence-electron chi connectivity index (χ0n) is 8.53. The second-order valence-electron chi connectivity index (χ2n) is 3.95. The van der Waals surface area contributed by atoms with Crippen molar-refractivity contribution in [2.45, 2.75) is 6.42 Å². The molecular weight excluding hydrogens is 232 g/mol. The molecule has 0 unspecified atom stereocenters. The third-order valence-electron chi connectivity index (χ3n) is 2.95. The van der Waals surface area contributed by atoms with Gasteiger partial charge >= 0.3 is 0 Å². The monoisotopic (exact) mass is 238 g/mol. The van der Waals surface area contributed by atoms with Crippen molar-refractivity contribution in [2.24, 2.45) is 0 Å². The lowest BCUT2D eigenvalue weighted by Crippen LogP contribution is -2.03. The Morgan fingerprint density at radius 1 is 0.941 bits per heavy atom. The van der Waals surface area contributed by atoms with Crippen LogP contribution in [0, 0.1) is 11.6 Å². The van der Waals surface area contributed by atoms with E-state index < -0.39 is 28.9 Å². The van der Waals surface area contributed by atoms with Gasteiger partial charge in [-0.25, -0.2) is 17.6 Å². The molecule has 1 aliphatic rings. The topological polar surface area (TPSA) is 0 Å². The molecule has 1 aliphatic carbocycles. The van der Waals surface area contributed by atoms with Crippen LogP contribution < -0.4 is 0 Å². The Balaban J connectivity index is 2.57. The van der Waals surface area contributed by atoms with Crippen molar-refractivity contribution < 1.29 is 17.6 Å². The van der Waals surface area contributed by atoms with Gasteiger partial charge < -0.3 is 0 Å². The fourth-order valence-corrected chi connectivity index (χ4v) is 2.22. The number of hydrogen-bond acceptors (Lipinski definition) is 0. The van der Waals surface area contributed by atoms with E-state index in [0.29, 0.717) is 11.6 Å². The Hall–Kier alpha value is -1.84. The van der Waals surface area contributed by atoms with Gasteiger partial charge in [0.25, 0.3) is 0 Å². The zero-order valence-corrected chi connectivity index (χ0v) is 8.53. The van der Waals surface area contributed by atoms with Gasteiger partial charge in [0.15, 0.2) is 5.83 Å². The predicted octanol–water partition coefficient (Wildman–Crippen LogP) is 4.28. The molecule has 2 aromatic carbocycles. The van der Waals surface area contributed by atoms with Crippen LogP contribution in [0.25, 0.3) is 16.6 Å². The van der Waals surface area contributed by atoms with Crippen molar-refractivity contribution in [3.8, 4) is 0 Å². The van der Waals surface area contributed by atoms with E-state index in [-0.39, 0.29) is 17.2 Å². The second kappa shape index (κ2) is 3.32. The molecule has 0 nitrogen and oxygen atoms in total. The van der Waals surface area contributed by atoms with Gasteiger partial charge in [0.2, 0.25) is 0 Å². The molecule has 0 saturated heterocycles. The molecule has 3 rings (SSSR count).